The predicted octanol–water partition coefficient (Wildman–Crippen LogP) is -1.95. The van der Waals surface area contributed by atoms with Crippen molar-refractivity contribution in [3.63, 3.8) is 0 Å². The van der Waals surface area contributed by atoms with Crippen LogP contribution >= 0.6 is 0 Å². The van der Waals surface area contributed by atoms with Crippen LogP contribution in [-0.4, -0.2) is 38.6 Å². The molecule has 0 saturated carbocycles. The monoisotopic (exact) mass is 210 g/mol. The van der Waals surface area contributed by atoms with E-state index in [0.29, 0.717) is 0 Å². The van der Waals surface area contributed by atoms with E-state index < -0.39 is 11.8 Å². The van der Waals surface area contributed by atoms with E-state index in [2.05, 4.69) is 15.4 Å². The van der Waals surface area contributed by atoms with Crippen LogP contribution in [0, 0.1) is 5.92 Å². The first kappa shape index (κ1) is 9.56. The summed E-state index contributed by atoms with van der Waals surface area (Å²) in [6.07, 6.45) is 0.119. The summed E-state index contributed by atoms with van der Waals surface area (Å²) in [7, 11) is 1.60. The summed E-state index contributed by atoms with van der Waals surface area (Å²) < 4.78 is 0. The second-order valence-electron chi connectivity index (χ2n) is 3.39. The molecule has 0 bridgehead atoms. The van der Waals surface area contributed by atoms with Gasteiger partial charge < -0.3 is 5.73 Å². The first-order valence-corrected chi connectivity index (χ1v) is 4.41. The number of nitrogens with zero attached hydrogens (tertiary/aromatic N) is 5. The molecule has 1 aromatic rings. The van der Waals surface area contributed by atoms with Crippen molar-refractivity contribution in [3.8, 4) is 0 Å². The molecule has 0 unspecified atom stereocenters. The normalized spacial score (nSPS) is 21.0. The van der Waals surface area contributed by atoms with Gasteiger partial charge in [0.05, 0.1) is 13.0 Å². The number of hydrogen-bond donors (Lipinski definition) is 1. The average molecular weight is 210 g/mol. The van der Waals surface area contributed by atoms with Gasteiger partial charge in [0.1, 0.15) is 0 Å². The first-order valence-electron chi connectivity index (χ1n) is 4.41. The van der Waals surface area contributed by atoms with E-state index in [-0.39, 0.29) is 24.8 Å². The zero-order chi connectivity index (χ0) is 11.0. The second kappa shape index (κ2) is 3.30. The van der Waals surface area contributed by atoms with Crippen LogP contribution in [0.15, 0.2) is 0 Å². The van der Waals surface area contributed by atoms with Gasteiger partial charge in [0.25, 0.3) is 5.95 Å². The number of aromatic nitrogens is 4. The molecule has 2 amide bonds. The Labute approximate surface area is 85.0 Å². The minimum atomic E-state index is -0.477. The standard InChI is InChI=1S/C7H10N6O2/c1-12-10-7(9-11-12)13-3-4(6(8)15)2-5(13)14/h4H,2-3H2,1H3,(H2,8,15)/t4-/m1/s1. The molecule has 1 fully saturated rings. The Balaban J connectivity index is 2.18. The molecule has 15 heavy (non-hydrogen) atoms. The summed E-state index contributed by atoms with van der Waals surface area (Å²) in [6, 6.07) is 0. The Kier molecular flexibility index (Phi) is 2.10. The van der Waals surface area contributed by atoms with E-state index >= 15 is 0 Å². The molecule has 0 spiro atoms. The number of hydrogen-bond acceptors (Lipinski definition) is 5. The molecule has 0 radical (unpaired) electrons. The summed E-state index contributed by atoms with van der Waals surface area (Å²) in [4.78, 5) is 25.0. The van der Waals surface area contributed by atoms with Crippen molar-refractivity contribution in [1.29, 1.82) is 0 Å². The zero-order valence-corrected chi connectivity index (χ0v) is 8.12. The van der Waals surface area contributed by atoms with Crippen molar-refractivity contribution in [1.82, 2.24) is 20.2 Å². The number of anilines is 1. The Morgan fingerprint density at radius 2 is 2.33 bits per heavy atom. The van der Waals surface area contributed by atoms with Crippen LogP contribution in [0.3, 0.4) is 0 Å². The molecule has 1 aliphatic heterocycles. The van der Waals surface area contributed by atoms with E-state index in [9.17, 15) is 9.59 Å². The summed E-state index contributed by atoms with van der Waals surface area (Å²) in [6.45, 7) is 0.236. The number of carbonyl (C=O) groups excluding carboxylic acids is 2. The summed E-state index contributed by atoms with van der Waals surface area (Å²) in [5.41, 5.74) is 5.13. The van der Waals surface area contributed by atoms with Crippen LogP contribution in [-0.2, 0) is 16.6 Å². The van der Waals surface area contributed by atoms with Crippen molar-refractivity contribution in [2.75, 3.05) is 11.4 Å². The average Bonchev–Trinajstić information content (AvgIpc) is 2.71. The molecular weight excluding hydrogens is 200 g/mol. The molecule has 1 aromatic heterocycles. The van der Waals surface area contributed by atoms with Gasteiger partial charge in [-0.2, -0.15) is 4.80 Å². The molecule has 80 valence electrons. The van der Waals surface area contributed by atoms with Crippen molar-refractivity contribution in [2.45, 2.75) is 6.42 Å². The van der Waals surface area contributed by atoms with Crippen LogP contribution in [0.2, 0.25) is 0 Å². The lowest BCUT2D eigenvalue weighted by molar-refractivity contribution is -0.123. The minimum absolute atomic E-state index is 0.119. The van der Waals surface area contributed by atoms with Crippen molar-refractivity contribution in [2.24, 2.45) is 18.7 Å². The SMILES string of the molecule is Cn1nnc(N2C[C@H](C(N)=O)CC2=O)n1. The molecule has 1 atom stereocenters. The Hall–Kier alpha value is -1.99. The fourth-order valence-electron chi connectivity index (χ4n) is 1.47. The molecular formula is C7H10N6O2. The smallest absolute Gasteiger partial charge is 0.272 e. The molecule has 8 heteroatoms. The number of rotatable bonds is 2. The molecule has 8 nitrogen and oxygen atoms in total. The number of nitrogens with two attached hydrogens (primary N) is 1. The van der Waals surface area contributed by atoms with Crippen molar-refractivity contribution >= 4 is 17.8 Å². The Morgan fingerprint density at radius 1 is 1.60 bits per heavy atom. The maximum absolute atomic E-state index is 11.5. The quantitative estimate of drug-likeness (QED) is 0.610. The number of tetrazole rings is 1. The maximum atomic E-state index is 11.5. The highest BCUT2D eigenvalue weighted by Gasteiger charge is 2.35. The van der Waals surface area contributed by atoms with Crippen LogP contribution in [0.5, 0.6) is 0 Å². The largest absolute Gasteiger partial charge is 0.369 e. The van der Waals surface area contributed by atoms with Gasteiger partial charge in [0.2, 0.25) is 11.8 Å². The maximum Gasteiger partial charge on any atom is 0.272 e. The number of carbonyl (C=O) groups is 2. The minimum Gasteiger partial charge on any atom is -0.369 e. The lowest BCUT2D eigenvalue weighted by Gasteiger charge is -2.09. The number of primary amides is 1. The summed E-state index contributed by atoms with van der Waals surface area (Å²) >= 11 is 0. The van der Waals surface area contributed by atoms with Crippen LogP contribution in [0.4, 0.5) is 5.95 Å². The second-order valence-corrected chi connectivity index (χ2v) is 3.39. The van der Waals surface area contributed by atoms with Crippen molar-refractivity contribution in [3.05, 3.63) is 0 Å². The van der Waals surface area contributed by atoms with Gasteiger partial charge in [-0.25, -0.2) is 0 Å². The van der Waals surface area contributed by atoms with Gasteiger partial charge >= 0.3 is 0 Å². The van der Waals surface area contributed by atoms with Crippen molar-refractivity contribution < 1.29 is 9.59 Å². The Bertz CT molecular complexity index is 413. The fraction of sp³-hybridized carbons (Fsp3) is 0.571. The van der Waals surface area contributed by atoms with E-state index in [1.807, 2.05) is 0 Å². The lowest BCUT2D eigenvalue weighted by Crippen LogP contribution is -2.29. The highest BCUT2D eigenvalue weighted by atomic mass is 16.2. The lowest BCUT2D eigenvalue weighted by atomic mass is 10.1. The molecule has 2 N–H and O–H groups in total. The third kappa shape index (κ3) is 1.65. The molecule has 0 aromatic carbocycles. The van der Waals surface area contributed by atoms with Gasteiger partial charge in [0.15, 0.2) is 0 Å². The third-order valence-electron chi connectivity index (χ3n) is 2.27. The van der Waals surface area contributed by atoms with Gasteiger partial charge in [-0.15, -0.1) is 5.10 Å². The molecule has 1 saturated heterocycles. The predicted molar refractivity (Wildman–Crippen MR) is 48.5 cm³/mol. The third-order valence-corrected chi connectivity index (χ3v) is 2.27. The molecule has 1 aliphatic rings. The van der Waals surface area contributed by atoms with Crippen LogP contribution in [0.1, 0.15) is 6.42 Å². The number of aryl methyl sites for hydroxylation is 1. The van der Waals surface area contributed by atoms with E-state index in [1.54, 1.807) is 7.05 Å². The zero-order valence-electron chi connectivity index (χ0n) is 8.12. The highest BCUT2D eigenvalue weighted by molar-refractivity contribution is 5.98. The summed E-state index contributed by atoms with van der Waals surface area (Å²) in [5.74, 6) is -0.922. The van der Waals surface area contributed by atoms with Crippen LogP contribution < -0.4 is 10.6 Å². The molecule has 0 aliphatic carbocycles. The van der Waals surface area contributed by atoms with Gasteiger partial charge in [0, 0.05) is 13.0 Å². The van der Waals surface area contributed by atoms with Gasteiger partial charge in [-0.1, -0.05) is 5.10 Å². The fourth-order valence-corrected chi connectivity index (χ4v) is 1.47. The molecule has 2 rings (SSSR count). The Morgan fingerprint density at radius 3 is 2.80 bits per heavy atom. The van der Waals surface area contributed by atoms with Gasteiger partial charge in [-0.05, 0) is 5.21 Å². The van der Waals surface area contributed by atoms with Gasteiger partial charge in [-0.3, -0.25) is 14.5 Å². The first-order chi connectivity index (χ1) is 7.08. The van der Waals surface area contributed by atoms with E-state index in [0.717, 1.165) is 0 Å². The summed E-state index contributed by atoms with van der Waals surface area (Å²) in [5, 5.41) is 11.2. The van der Waals surface area contributed by atoms with E-state index in [1.165, 1.54) is 9.70 Å². The molecule has 2 heterocycles. The van der Waals surface area contributed by atoms with E-state index in [4.69, 9.17) is 5.73 Å². The number of amides is 2. The highest BCUT2D eigenvalue weighted by Crippen LogP contribution is 2.20. The topological polar surface area (TPSA) is 107 Å². The van der Waals surface area contributed by atoms with Crippen LogP contribution in [0.25, 0.3) is 0 Å².